The van der Waals surface area contributed by atoms with Crippen molar-refractivity contribution in [1.29, 1.82) is 0 Å². The first-order chi connectivity index (χ1) is 12.7. The van der Waals surface area contributed by atoms with Gasteiger partial charge in [-0.1, -0.05) is 31.2 Å². The van der Waals surface area contributed by atoms with Gasteiger partial charge in [-0.25, -0.2) is 0 Å². The second kappa shape index (κ2) is 7.60. The molecule has 0 unspecified atom stereocenters. The maximum atomic E-state index is 12.7. The minimum absolute atomic E-state index is 0.116. The van der Waals surface area contributed by atoms with Crippen LogP contribution in [0.3, 0.4) is 0 Å². The SMILES string of the molecule is CC1CCN([C@@H](CNC(=O)c2n[nH]c3ccccc23)c2cccs2)CC1. The van der Waals surface area contributed by atoms with Gasteiger partial charge in [-0.3, -0.25) is 14.8 Å². The summed E-state index contributed by atoms with van der Waals surface area (Å²) in [5.41, 5.74) is 1.36. The summed E-state index contributed by atoms with van der Waals surface area (Å²) in [4.78, 5) is 16.5. The van der Waals surface area contributed by atoms with Crippen LogP contribution in [0, 0.1) is 5.92 Å². The van der Waals surface area contributed by atoms with Gasteiger partial charge in [0.15, 0.2) is 5.69 Å². The Bertz CT molecular complexity index is 865. The molecule has 2 N–H and O–H groups in total. The van der Waals surface area contributed by atoms with Crippen LogP contribution in [0.15, 0.2) is 41.8 Å². The van der Waals surface area contributed by atoms with Crippen LogP contribution in [0.5, 0.6) is 0 Å². The van der Waals surface area contributed by atoms with E-state index in [0.29, 0.717) is 12.2 Å². The molecule has 5 nitrogen and oxygen atoms in total. The molecule has 0 saturated carbocycles. The number of benzene rings is 1. The van der Waals surface area contributed by atoms with Gasteiger partial charge in [0.2, 0.25) is 0 Å². The molecule has 1 atom stereocenters. The molecule has 0 aliphatic carbocycles. The lowest BCUT2D eigenvalue weighted by atomic mass is 9.97. The normalized spacial score (nSPS) is 17.4. The summed E-state index contributed by atoms with van der Waals surface area (Å²) in [7, 11) is 0. The molecular formula is C20H24N4OS. The minimum atomic E-state index is -0.116. The van der Waals surface area contributed by atoms with Crippen LogP contribution < -0.4 is 5.32 Å². The number of aromatic nitrogens is 2. The summed E-state index contributed by atoms with van der Waals surface area (Å²) < 4.78 is 0. The van der Waals surface area contributed by atoms with Crippen LogP contribution in [0.1, 0.15) is 41.2 Å². The van der Waals surface area contributed by atoms with Crippen LogP contribution >= 0.6 is 11.3 Å². The molecule has 0 bridgehead atoms. The lowest BCUT2D eigenvalue weighted by molar-refractivity contribution is 0.0911. The molecular weight excluding hydrogens is 344 g/mol. The van der Waals surface area contributed by atoms with Crippen molar-refractivity contribution in [1.82, 2.24) is 20.4 Å². The van der Waals surface area contributed by atoms with E-state index in [0.717, 1.165) is 29.9 Å². The van der Waals surface area contributed by atoms with Gasteiger partial charge < -0.3 is 5.32 Å². The zero-order chi connectivity index (χ0) is 17.9. The molecule has 0 radical (unpaired) electrons. The summed E-state index contributed by atoms with van der Waals surface area (Å²) >= 11 is 1.76. The monoisotopic (exact) mass is 368 g/mol. The predicted octanol–water partition coefficient (Wildman–Crippen LogP) is 3.83. The number of hydrogen-bond acceptors (Lipinski definition) is 4. The number of piperidine rings is 1. The molecule has 3 aromatic rings. The zero-order valence-electron chi connectivity index (χ0n) is 14.9. The number of aromatic amines is 1. The fraction of sp³-hybridized carbons (Fsp3) is 0.400. The minimum Gasteiger partial charge on any atom is -0.349 e. The number of amides is 1. The number of rotatable bonds is 5. The third kappa shape index (κ3) is 3.52. The van der Waals surface area contributed by atoms with Crippen molar-refractivity contribution in [2.45, 2.75) is 25.8 Å². The second-order valence-corrected chi connectivity index (χ2v) is 8.06. The number of carbonyl (C=O) groups excluding carboxylic acids is 1. The van der Waals surface area contributed by atoms with Crippen molar-refractivity contribution in [2.24, 2.45) is 5.92 Å². The van der Waals surface area contributed by atoms with Crippen LogP contribution in [-0.4, -0.2) is 40.6 Å². The zero-order valence-corrected chi connectivity index (χ0v) is 15.8. The molecule has 2 aromatic heterocycles. The molecule has 3 heterocycles. The lowest BCUT2D eigenvalue weighted by Crippen LogP contribution is -2.41. The highest BCUT2D eigenvalue weighted by Crippen LogP contribution is 2.29. The number of carbonyl (C=O) groups is 1. The number of hydrogen-bond donors (Lipinski definition) is 2. The summed E-state index contributed by atoms with van der Waals surface area (Å²) in [6.45, 7) is 5.10. The largest absolute Gasteiger partial charge is 0.349 e. The summed E-state index contributed by atoms with van der Waals surface area (Å²) in [5, 5.41) is 13.2. The molecule has 26 heavy (non-hydrogen) atoms. The fourth-order valence-electron chi connectivity index (χ4n) is 3.64. The van der Waals surface area contributed by atoms with Gasteiger partial charge in [0.1, 0.15) is 0 Å². The Morgan fingerprint density at radius 3 is 2.88 bits per heavy atom. The highest BCUT2D eigenvalue weighted by Gasteiger charge is 2.26. The van der Waals surface area contributed by atoms with E-state index in [4.69, 9.17) is 0 Å². The Morgan fingerprint density at radius 1 is 1.31 bits per heavy atom. The summed E-state index contributed by atoms with van der Waals surface area (Å²) in [5.74, 6) is 0.676. The van der Waals surface area contributed by atoms with Crippen LogP contribution in [-0.2, 0) is 0 Å². The highest BCUT2D eigenvalue weighted by atomic mass is 32.1. The number of nitrogens with zero attached hydrogens (tertiary/aromatic N) is 2. The molecule has 6 heteroatoms. The van der Waals surface area contributed by atoms with Crippen molar-refractivity contribution >= 4 is 28.1 Å². The Labute approximate surface area is 157 Å². The number of H-pyrrole nitrogens is 1. The number of para-hydroxylation sites is 1. The first-order valence-electron chi connectivity index (χ1n) is 9.21. The second-order valence-electron chi connectivity index (χ2n) is 7.08. The van der Waals surface area contributed by atoms with E-state index in [2.05, 4.69) is 44.9 Å². The van der Waals surface area contributed by atoms with Gasteiger partial charge >= 0.3 is 0 Å². The first kappa shape index (κ1) is 17.2. The topological polar surface area (TPSA) is 61.0 Å². The van der Waals surface area contributed by atoms with Crippen LogP contribution in [0.4, 0.5) is 0 Å². The quantitative estimate of drug-likeness (QED) is 0.719. The average Bonchev–Trinajstić information content (AvgIpc) is 3.33. The van der Waals surface area contributed by atoms with Crippen molar-refractivity contribution in [3.63, 3.8) is 0 Å². The number of fused-ring (bicyclic) bond motifs is 1. The smallest absolute Gasteiger partial charge is 0.272 e. The van der Waals surface area contributed by atoms with Crippen LogP contribution in [0.25, 0.3) is 10.9 Å². The van der Waals surface area contributed by atoms with Crippen LogP contribution in [0.2, 0.25) is 0 Å². The Hall–Kier alpha value is -2.18. The molecule has 0 spiro atoms. The summed E-state index contributed by atoms with van der Waals surface area (Å²) in [6.07, 6.45) is 2.44. The van der Waals surface area contributed by atoms with E-state index in [1.165, 1.54) is 17.7 Å². The van der Waals surface area contributed by atoms with Gasteiger partial charge in [-0.05, 0) is 49.4 Å². The van der Waals surface area contributed by atoms with Crippen molar-refractivity contribution in [3.05, 3.63) is 52.3 Å². The molecule has 1 aromatic carbocycles. The van der Waals surface area contributed by atoms with E-state index in [9.17, 15) is 4.79 Å². The number of thiophene rings is 1. The first-order valence-corrected chi connectivity index (χ1v) is 10.1. The number of nitrogens with one attached hydrogen (secondary N) is 2. The van der Waals surface area contributed by atoms with E-state index >= 15 is 0 Å². The van der Waals surface area contributed by atoms with E-state index in [1.807, 2.05) is 24.3 Å². The van der Waals surface area contributed by atoms with E-state index < -0.39 is 0 Å². The van der Waals surface area contributed by atoms with Gasteiger partial charge in [0.25, 0.3) is 5.91 Å². The maximum Gasteiger partial charge on any atom is 0.272 e. The molecule has 136 valence electrons. The number of likely N-dealkylation sites (tertiary alicyclic amines) is 1. The Balaban J connectivity index is 1.48. The van der Waals surface area contributed by atoms with Gasteiger partial charge in [0, 0.05) is 16.8 Å². The van der Waals surface area contributed by atoms with E-state index in [-0.39, 0.29) is 11.9 Å². The maximum absolute atomic E-state index is 12.7. The lowest BCUT2D eigenvalue weighted by Gasteiger charge is -2.36. The van der Waals surface area contributed by atoms with Gasteiger partial charge in [-0.15, -0.1) is 11.3 Å². The molecule has 4 rings (SSSR count). The predicted molar refractivity (Wildman–Crippen MR) is 105 cm³/mol. The third-order valence-electron chi connectivity index (χ3n) is 5.27. The Kier molecular flexibility index (Phi) is 5.04. The van der Waals surface area contributed by atoms with E-state index in [1.54, 1.807) is 11.3 Å². The molecule has 1 amide bonds. The standard InChI is InChI=1S/C20H24N4OS/c1-14-8-10-24(11-9-14)17(18-7-4-12-26-18)13-21-20(25)19-15-5-2-3-6-16(15)22-23-19/h2-7,12,14,17H,8-11,13H2,1H3,(H,21,25)(H,22,23)/t17-/m0/s1. The van der Waals surface area contributed by atoms with Crippen molar-refractivity contribution < 1.29 is 4.79 Å². The highest BCUT2D eigenvalue weighted by molar-refractivity contribution is 7.10. The molecule has 1 aliphatic rings. The summed E-state index contributed by atoms with van der Waals surface area (Å²) in [6, 6.07) is 12.2. The van der Waals surface area contributed by atoms with Gasteiger partial charge in [0.05, 0.1) is 11.6 Å². The molecule has 1 saturated heterocycles. The van der Waals surface area contributed by atoms with Gasteiger partial charge in [-0.2, -0.15) is 5.10 Å². The third-order valence-corrected chi connectivity index (χ3v) is 6.25. The molecule has 1 fully saturated rings. The average molecular weight is 369 g/mol. The van der Waals surface area contributed by atoms with Crippen molar-refractivity contribution in [3.8, 4) is 0 Å². The fourth-order valence-corrected chi connectivity index (χ4v) is 4.50. The van der Waals surface area contributed by atoms with Crippen molar-refractivity contribution in [2.75, 3.05) is 19.6 Å². The Morgan fingerprint density at radius 2 is 2.12 bits per heavy atom. The molecule has 1 aliphatic heterocycles.